The Hall–Kier alpha value is -3.51. The first-order chi connectivity index (χ1) is 17.7. The molecule has 1 aliphatic carbocycles. The smallest absolute Gasteiger partial charge is 0.390 e. The van der Waals surface area contributed by atoms with Crippen LogP contribution in [0.2, 0.25) is 0 Å². The SMILES string of the molecule is Cc1noc(C)c1-c1ccc2c(-c3nc(N[C@H]4CCC[C@H]4N4CC(O)C4)ncc3C(F)(F)F)c[nH]c2n1. The maximum Gasteiger partial charge on any atom is 0.419 e. The standard InChI is InChI=1S/C25H26F3N7O2/c1-12-21(13(2)37-34-12)19-7-6-15-16(8-29-23(15)31-19)22-17(25(26,27)28)9-30-24(33-22)32-18-4-3-5-20(18)35-10-14(36)11-35/h6-9,14,18,20,36H,3-5,10-11H2,1-2H3,(H,29,31)(H,30,32,33)/t18-,20+/m0/s1. The maximum atomic E-state index is 14.0. The van der Waals surface area contributed by atoms with E-state index in [1.165, 1.54) is 6.20 Å². The van der Waals surface area contributed by atoms with Crippen LogP contribution >= 0.6 is 0 Å². The van der Waals surface area contributed by atoms with E-state index < -0.39 is 11.7 Å². The van der Waals surface area contributed by atoms with Gasteiger partial charge in [0.2, 0.25) is 5.95 Å². The number of aliphatic hydroxyl groups is 1. The summed E-state index contributed by atoms with van der Waals surface area (Å²) in [4.78, 5) is 18.2. The Labute approximate surface area is 210 Å². The lowest BCUT2D eigenvalue weighted by Crippen LogP contribution is -2.58. The van der Waals surface area contributed by atoms with Gasteiger partial charge in [0.25, 0.3) is 0 Å². The Morgan fingerprint density at radius 3 is 2.68 bits per heavy atom. The number of aliphatic hydroxyl groups excluding tert-OH is 1. The number of β-amino-alcohol motifs (C(OH)–C–C–N with tert-alkyl or cyclic N) is 1. The van der Waals surface area contributed by atoms with Gasteiger partial charge in [0, 0.05) is 48.5 Å². The van der Waals surface area contributed by atoms with Gasteiger partial charge in [-0.3, -0.25) is 4.90 Å². The summed E-state index contributed by atoms with van der Waals surface area (Å²) in [5, 5.41) is 17.4. The number of pyridine rings is 1. The van der Waals surface area contributed by atoms with Crippen molar-refractivity contribution in [3.8, 4) is 22.5 Å². The molecule has 194 valence electrons. The van der Waals surface area contributed by atoms with Gasteiger partial charge in [0.1, 0.15) is 17.0 Å². The van der Waals surface area contributed by atoms with Crippen LogP contribution in [0.5, 0.6) is 0 Å². The van der Waals surface area contributed by atoms with Crippen molar-refractivity contribution in [2.24, 2.45) is 0 Å². The fourth-order valence-corrected chi connectivity index (χ4v) is 5.52. The molecule has 5 heterocycles. The number of nitrogens with zero attached hydrogens (tertiary/aromatic N) is 5. The number of likely N-dealkylation sites (tertiary alicyclic amines) is 1. The molecular formula is C25H26F3N7O2. The van der Waals surface area contributed by atoms with Crippen molar-refractivity contribution in [3.05, 3.63) is 41.5 Å². The van der Waals surface area contributed by atoms with Crippen LogP contribution in [0, 0.1) is 13.8 Å². The fraction of sp³-hybridized carbons (Fsp3) is 0.440. The van der Waals surface area contributed by atoms with E-state index in [-0.39, 0.29) is 29.8 Å². The summed E-state index contributed by atoms with van der Waals surface area (Å²) < 4.78 is 47.2. The molecule has 3 N–H and O–H groups in total. The van der Waals surface area contributed by atoms with Crippen LogP contribution in [0.4, 0.5) is 19.1 Å². The van der Waals surface area contributed by atoms with Crippen LogP contribution < -0.4 is 5.32 Å². The van der Waals surface area contributed by atoms with Crippen LogP contribution in [-0.4, -0.2) is 66.4 Å². The molecule has 0 bridgehead atoms. The number of rotatable bonds is 5. The van der Waals surface area contributed by atoms with Crippen LogP contribution in [0.1, 0.15) is 36.3 Å². The number of aryl methyl sites for hydroxylation is 2. The number of nitrogens with one attached hydrogen (secondary N) is 2. The molecule has 4 aromatic rings. The molecule has 9 nitrogen and oxygen atoms in total. The molecule has 12 heteroatoms. The summed E-state index contributed by atoms with van der Waals surface area (Å²) in [5.41, 5.74) is 1.64. The Kier molecular flexibility index (Phi) is 5.68. The highest BCUT2D eigenvalue weighted by Crippen LogP contribution is 2.39. The Balaban J connectivity index is 1.36. The normalized spacial score (nSPS) is 21.0. The predicted molar refractivity (Wildman–Crippen MR) is 130 cm³/mol. The van der Waals surface area contributed by atoms with Gasteiger partial charge >= 0.3 is 6.18 Å². The first-order valence-corrected chi connectivity index (χ1v) is 12.2. The third-order valence-corrected chi connectivity index (χ3v) is 7.33. The molecule has 0 amide bonds. The fourth-order valence-electron chi connectivity index (χ4n) is 5.52. The number of aromatic nitrogens is 5. The van der Waals surface area contributed by atoms with Gasteiger partial charge in [-0.2, -0.15) is 13.2 Å². The molecule has 2 atom stereocenters. The van der Waals surface area contributed by atoms with Gasteiger partial charge in [-0.15, -0.1) is 0 Å². The zero-order valence-corrected chi connectivity index (χ0v) is 20.3. The summed E-state index contributed by atoms with van der Waals surface area (Å²) in [6, 6.07) is 3.66. The molecule has 0 spiro atoms. The first-order valence-electron chi connectivity index (χ1n) is 12.2. The number of fused-ring (bicyclic) bond motifs is 1. The molecule has 37 heavy (non-hydrogen) atoms. The molecular weight excluding hydrogens is 487 g/mol. The van der Waals surface area contributed by atoms with Crippen LogP contribution in [-0.2, 0) is 6.18 Å². The van der Waals surface area contributed by atoms with Crippen molar-refractivity contribution < 1.29 is 22.8 Å². The molecule has 4 aromatic heterocycles. The van der Waals surface area contributed by atoms with Crippen molar-refractivity contribution >= 4 is 17.0 Å². The van der Waals surface area contributed by atoms with Gasteiger partial charge in [-0.1, -0.05) is 5.16 Å². The average Bonchev–Trinajstić information content (AvgIpc) is 3.54. The summed E-state index contributed by atoms with van der Waals surface area (Å²) >= 11 is 0. The van der Waals surface area contributed by atoms with E-state index in [1.807, 2.05) is 6.92 Å². The number of anilines is 1. The summed E-state index contributed by atoms with van der Waals surface area (Å²) in [7, 11) is 0. The van der Waals surface area contributed by atoms with Gasteiger partial charge in [-0.25, -0.2) is 15.0 Å². The topological polar surface area (TPSA) is 116 Å². The third kappa shape index (κ3) is 4.23. The number of hydrogen-bond acceptors (Lipinski definition) is 8. The van der Waals surface area contributed by atoms with Crippen LogP contribution in [0.3, 0.4) is 0 Å². The largest absolute Gasteiger partial charge is 0.419 e. The Bertz CT molecular complexity index is 1440. The number of H-pyrrole nitrogens is 1. The van der Waals surface area contributed by atoms with E-state index in [9.17, 15) is 18.3 Å². The van der Waals surface area contributed by atoms with E-state index in [0.29, 0.717) is 46.8 Å². The molecule has 2 aliphatic rings. The van der Waals surface area contributed by atoms with Gasteiger partial charge < -0.3 is 19.9 Å². The van der Waals surface area contributed by atoms with Gasteiger partial charge in [0.15, 0.2) is 0 Å². The lowest BCUT2D eigenvalue weighted by atomic mass is 10.0. The number of aromatic amines is 1. The zero-order chi connectivity index (χ0) is 25.9. The van der Waals surface area contributed by atoms with Gasteiger partial charge in [-0.05, 0) is 45.2 Å². The van der Waals surface area contributed by atoms with Crippen LogP contribution in [0.25, 0.3) is 33.5 Å². The van der Waals surface area contributed by atoms with E-state index >= 15 is 0 Å². The highest BCUT2D eigenvalue weighted by atomic mass is 19.4. The van der Waals surface area contributed by atoms with E-state index in [1.54, 1.807) is 19.1 Å². The van der Waals surface area contributed by atoms with Crippen molar-refractivity contribution in [3.63, 3.8) is 0 Å². The molecule has 0 aromatic carbocycles. The van der Waals surface area contributed by atoms with Crippen LogP contribution in [0.15, 0.2) is 29.0 Å². The molecule has 1 saturated carbocycles. The van der Waals surface area contributed by atoms with Crippen molar-refractivity contribution in [1.29, 1.82) is 0 Å². The highest BCUT2D eigenvalue weighted by Gasteiger charge is 2.39. The second-order valence-electron chi connectivity index (χ2n) is 9.80. The van der Waals surface area contributed by atoms with Crippen molar-refractivity contribution in [2.75, 3.05) is 18.4 Å². The number of halogens is 3. The van der Waals surface area contributed by atoms with E-state index in [2.05, 4.69) is 35.3 Å². The molecule has 1 saturated heterocycles. The number of hydrogen-bond donors (Lipinski definition) is 3. The van der Waals surface area contributed by atoms with E-state index in [0.717, 1.165) is 31.0 Å². The molecule has 0 unspecified atom stereocenters. The van der Waals surface area contributed by atoms with Crippen molar-refractivity contribution in [2.45, 2.75) is 57.5 Å². The van der Waals surface area contributed by atoms with Gasteiger partial charge in [0.05, 0.1) is 28.7 Å². The minimum absolute atomic E-state index is 0.000621. The molecule has 6 rings (SSSR count). The molecule has 2 fully saturated rings. The average molecular weight is 514 g/mol. The second-order valence-corrected chi connectivity index (χ2v) is 9.80. The summed E-state index contributed by atoms with van der Waals surface area (Å²) in [6.45, 7) is 4.81. The monoisotopic (exact) mass is 513 g/mol. The molecule has 0 radical (unpaired) electrons. The van der Waals surface area contributed by atoms with E-state index in [4.69, 9.17) is 4.52 Å². The molecule has 1 aliphatic heterocycles. The lowest BCUT2D eigenvalue weighted by Gasteiger charge is -2.42. The quantitative estimate of drug-likeness (QED) is 0.361. The summed E-state index contributed by atoms with van der Waals surface area (Å²) in [6.07, 6.45) is 0.194. The third-order valence-electron chi connectivity index (χ3n) is 7.33. The zero-order valence-electron chi connectivity index (χ0n) is 20.3. The maximum absolute atomic E-state index is 14.0. The first kappa shape index (κ1) is 23.9. The lowest BCUT2D eigenvalue weighted by molar-refractivity contribution is -0.137. The number of alkyl halides is 3. The Morgan fingerprint density at radius 1 is 1.16 bits per heavy atom. The predicted octanol–water partition coefficient (Wildman–Crippen LogP) is 4.32. The summed E-state index contributed by atoms with van der Waals surface area (Å²) in [5.74, 6) is 0.760. The minimum Gasteiger partial charge on any atom is -0.390 e. The highest BCUT2D eigenvalue weighted by molar-refractivity contribution is 5.94. The minimum atomic E-state index is -4.63. The second kappa shape index (κ2) is 8.80. The Morgan fingerprint density at radius 2 is 1.97 bits per heavy atom. The van der Waals surface area contributed by atoms with Crippen molar-refractivity contribution in [1.82, 2.24) is 30.0 Å².